The van der Waals surface area contributed by atoms with Crippen molar-refractivity contribution in [3.05, 3.63) is 39.1 Å². The number of aliphatic hydroxyl groups excluding tert-OH is 1. The van der Waals surface area contributed by atoms with Crippen molar-refractivity contribution in [1.82, 2.24) is 4.98 Å². The standard InChI is InChI=1S/C12H13BrN2OS/c13-9-3-1-2-8(4-9)11-7-17-12(15-11)5-10(16)6-14/h1-4,7,10,16H,5-6,14H2. The molecule has 0 aliphatic carbocycles. The van der Waals surface area contributed by atoms with Crippen LogP contribution in [-0.2, 0) is 6.42 Å². The molecule has 3 N–H and O–H groups in total. The summed E-state index contributed by atoms with van der Waals surface area (Å²) in [6.45, 7) is 0.270. The Balaban J connectivity index is 2.18. The van der Waals surface area contributed by atoms with Crippen molar-refractivity contribution in [2.24, 2.45) is 5.73 Å². The van der Waals surface area contributed by atoms with Crippen LogP contribution in [0.25, 0.3) is 11.3 Å². The van der Waals surface area contributed by atoms with Crippen LogP contribution < -0.4 is 5.73 Å². The second-order valence-electron chi connectivity index (χ2n) is 3.73. The Morgan fingerprint density at radius 3 is 3.00 bits per heavy atom. The van der Waals surface area contributed by atoms with Crippen molar-refractivity contribution in [2.45, 2.75) is 12.5 Å². The van der Waals surface area contributed by atoms with E-state index in [1.807, 2.05) is 29.6 Å². The fraction of sp³-hybridized carbons (Fsp3) is 0.250. The van der Waals surface area contributed by atoms with Gasteiger partial charge in [-0.15, -0.1) is 11.3 Å². The highest BCUT2D eigenvalue weighted by molar-refractivity contribution is 9.10. The molecular weight excluding hydrogens is 300 g/mol. The molecule has 17 heavy (non-hydrogen) atoms. The van der Waals surface area contributed by atoms with Crippen LogP contribution in [0.4, 0.5) is 0 Å². The highest BCUT2D eigenvalue weighted by Gasteiger charge is 2.08. The Bertz CT molecular complexity index is 501. The van der Waals surface area contributed by atoms with E-state index in [0.717, 1.165) is 20.7 Å². The van der Waals surface area contributed by atoms with Gasteiger partial charge in [-0.2, -0.15) is 0 Å². The van der Waals surface area contributed by atoms with Gasteiger partial charge in [-0.1, -0.05) is 28.1 Å². The maximum Gasteiger partial charge on any atom is 0.0958 e. The number of hydrogen-bond donors (Lipinski definition) is 2. The number of halogens is 1. The van der Waals surface area contributed by atoms with E-state index < -0.39 is 6.10 Å². The Labute approximate surface area is 112 Å². The Morgan fingerprint density at radius 1 is 1.47 bits per heavy atom. The summed E-state index contributed by atoms with van der Waals surface area (Å²) in [5.41, 5.74) is 7.39. The average Bonchev–Trinajstić information content (AvgIpc) is 2.77. The predicted molar refractivity (Wildman–Crippen MR) is 74.0 cm³/mol. The monoisotopic (exact) mass is 312 g/mol. The van der Waals surface area contributed by atoms with E-state index in [-0.39, 0.29) is 6.54 Å². The Hall–Kier alpha value is -0.750. The molecule has 2 aromatic rings. The molecule has 0 aliphatic rings. The molecular formula is C12H13BrN2OS. The van der Waals surface area contributed by atoms with Gasteiger partial charge in [-0.25, -0.2) is 4.98 Å². The first-order valence-corrected chi connectivity index (χ1v) is 6.95. The van der Waals surface area contributed by atoms with Gasteiger partial charge in [0, 0.05) is 28.4 Å². The van der Waals surface area contributed by atoms with E-state index in [9.17, 15) is 5.11 Å². The van der Waals surface area contributed by atoms with Crippen LogP contribution in [0.5, 0.6) is 0 Å². The van der Waals surface area contributed by atoms with E-state index in [4.69, 9.17) is 5.73 Å². The van der Waals surface area contributed by atoms with Crippen LogP contribution in [0.15, 0.2) is 34.1 Å². The molecule has 1 unspecified atom stereocenters. The first kappa shape index (κ1) is 12.7. The van der Waals surface area contributed by atoms with Gasteiger partial charge in [0.15, 0.2) is 0 Å². The minimum atomic E-state index is -0.503. The summed E-state index contributed by atoms with van der Waals surface area (Å²) in [6.07, 6.45) is 0.0198. The molecule has 0 spiro atoms. The number of aromatic nitrogens is 1. The number of thiazole rings is 1. The fourth-order valence-corrected chi connectivity index (χ4v) is 2.75. The summed E-state index contributed by atoms with van der Waals surface area (Å²) in [5, 5.41) is 12.4. The van der Waals surface area contributed by atoms with Crippen LogP contribution in [0.2, 0.25) is 0 Å². The molecule has 0 bridgehead atoms. The van der Waals surface area contributed by atoms with Gasteiger partial charge in [0.05, 0.1) is 16.8 Å². The van der Waals surface area contributed by atoms with Crippen LogP contribution >= 0.6 is 27.3 Å². The zero-order chi connectivity index (χ0) is 12.3. The lowest BCUT2D eigenvalue weighted by atomic mass is 10.2. The molecule has 0 saturated heterocycles. The molecule has 1 aromatic heterocycles. The number of hydrogen-bond acceptors (Lipinski definition) is 4. The third-order valence-electron chi connectivity index (χ3n) is 2.35. The van der Waals surface area contributed by atoms with Crippen molar-refractivity contribution in [3.8, 4) is 11.3 Å². The van der Waals surface area contributed by atoms with Gasteiger partial charge in [-0.05, 0) is 12.1 Å². The normalized spacial score (nSPS) is 12.6. The van der Waals surface area contributed by atoms with Gasteiger partial charge in [-0.3, -0.25) is 0 Å². The third-order valence-corrected chi connectivity index (χ3v) is 3.72. The van der Waals surface area contributed by atoms with Crippen molar-refractivity contribution >= 4 is 27.3 Å². The minimum absolute atomic E-state index is 0.270. The highest BCUT2D eigenvalue weighted by Crippen LogP contribution is 2.25. The molecule has 5 heteroatoms. The summed E-state index contributed by atoms with van der Waals surface area (Å²) in [4.78, 5) is 4.49. The first-order valence-electron chi connectivity index (χ1n) is 5.27. The minimum Gasteiger partial charge on any atom is -0.391 e. The second-order valence-corrected chi connectivity index (χ2v) is 5.59. The van der Waals surface area contributed by atoms with Crippen molar-refractivity contribution in [2.75, 3.05) is 6.54 Å². The van der Waals surface area contributed by atoms with Crippen LogP contribution in [0.3, 0.4) is 0 Å². The quantitative estimate of drug-likeness (QED) is 0.911. The Kier molecular flexibility index (Phi) is 4.28. The van der Waals surface area contributed by atoms with E-state index >= 15 is 0 Å². The summed E-state index contributed by atoms with van der Waals surface area (Å²) < 4.78 is 1.03. The molecule has 1 heterocycles. The lowest BCUT2D eigenvalue weighted by Crippen LogP contribution is -2.21. The van der Waals surface area contributed by atoms with E-state index in [1.165, 1.54) is 0 Å². The largest absolute Gasteiger partial charge is 0.391 e. The van der Waals surface area contributed by atoms with Gasteiger partial charge in [0.1, 0.15) is 0 Å². The predicted octanol–water partition coefficient (Wildman–Crippen LogP) is 2.43. The third kappa shape index (κ3) is 3.35. The maximum absolute atomic E-state index is 9.47. The smallest absolute Gasteiger partial charge is 0.0958 e. The van der Waals surface area contributed by atoms with Gasteiger partial charge in [0.25, 0.3) is 0 Å². The molecule has 0 fully saturated rings. The SMILES string of the molecule is NCC(O)Cc1nc(-c2cccc(Br)c2)cs1. The van der Waals surface area contributed by atoms with Crippen LogP contribution in [0.1, 0.15) is 5.01 Å². The molecule has 0 amide bonds. The molecule has 0 saturated carbocycles. The first-order chi connectivity index (χ1) is 8.19. The molecule has 1 aromatic carbocycles. The fourth-order valence-electron chi connectivity index (χ4n) is 1.47. The van der Waals surface area contributed by atoms with E-state index in [0.29, 0.717) is 6.42 Å². The lowest BCUT2D eigenvalue weighted by Gasteiger charge is -2.03. The number of nitrogens with zero attached hydrogens (tertiary/aromatic N) is 1. The van der Waals surface area contributed by atoms with E-state index in [2.05, 4.69) is 20.9 Å². The molecule has 0 aliphatic heterocycles. The summed E-state index contributed by atoms with van der Waals surface area (Å²) in [5.74, 6) is 0. The number of rotatable bonds is 4. The van der Waals surface area contributed by atoms with Gasteiger partial charge >= 0.3 is 0 Å². The topological polar surface area (TPSA) is 59.1 Å². The number of nitrogens with two attached hydrogens (primary N) is 1. The van der Waals surface area contributed by atoms with Crippen molar-refractivity contribution in [3.63, 3.8) is 0 Å². The highest BCUT2D eigenvalue weighted by atomic mass is 79.9. The van der Waals surface area contributed by atoms with Crippen LogP contribution in [0, 0.1) is 0 Å². The van der Waals surface area contributed by atoms with Crippen molar-refractivity contribution in [1.29, 1.82) is 0 Å². The average molecular weight is 313 g/mol. The molecule has 1 atom stereocenters. The summed E-state index contributed by atoms with van der Waals surface area (Å²) in [6, 6.07) is 8.00. The Morgan fingerprint density at radius 2 is 2.29 bits per heavy atom. The molecule has 2 rings (SSSR count). The lowest BCUT2D eigenvalue weighted by molar-refractivity contribution is 0.183. The maximum atomic E-state index is 9.47. The summed E-state index contributed by atoms with van der Waals surface area (Å²) in [7, 11) is 0. The zero-order valence-electron chi connectivity index (χ0n) is 9.14. The van der Waals surface area contributed by atoms with E-state index in [1.54, 1.807) is 11.3 Å². The second kappa shape index (κ2) is 5.73. The van der Waals surface area contributed by atoms with Crippen LogP contribution in [-0.4, -0.2) is 22.7 Å². The van der Waals surface area contributed by atoms with Gasteiger partial charge in [0.2, 0.25) is 0 Å². The zero-order valence-corrected chi connectivity index (χ0v) is 11.5. The molecule has 0 radical (unpaired) electrons. The number of benzene rings is 1. The molecule has 3 nitrogen and oxygen atoms in total. The number of aliphatic hydroxyl groups is 1. The molecule has 90 valence electrons. The van der Waals surface area contributed by atoms with Gasteiger partial charge < -0.3 is 10.8 Å². The van der Waals surface area contributed by atoms with Crippen molar-refractivity contribution < 1.29 is 5.11 Å². The summed E-state index contributed by atoms with van der Waals surface area (Å²) >= 11 is 4.99.